The Hall–Kier alpha value is -1.94. The van der Waals surface area contributed by atoms with Crippen LogP contribution in [0, 0.1) is 0 Å². The van der Waals surface area contributed by atoms with Gasteiger partial charge in [0.15, 0.2) is 0 Å². The second-order valence-electron chi connectivity index (χ2n) is 4.92. The molecule has 0 unspecified atom stereocenters. The molecule has 0 saturated heterocycles. The number of nitrogens with two attached hydrogens (primary N) is 1. The van der Waals surface area contributed by atoms with E-state index in [1.165, 1.54) is 36.0 Å². The molecule has 0 aromatic heterocycles. The maximum Gasteiger partial charge on any atom is 0.238 e. The minimum atomic E-state index is -3.73. The number of rotatable bonds is 4. The molecule has 1 amide bonds. The van der Waals surface area contributed by atoms with E-state index in [1.807, 2.05) is 24.3 Å². The summed E-state index contributed by atoms with van der Waals surface area (Å²) in [5.41, 5.74) is 1.57. The summed E-state index contributed by atoms with van der Waals surface area (Å²) in [4.78, 5) is 13.1. The Morgan fingerprint density at radius 1 is 1.17 bits per heavy atom. The lowest BCUT2D eigenvalue weighted by molar-refractivity contribution is -0.113. The Bertz CT molecular complexity index is 909. The van der Waals surface area contributed by atoms with Crippen LogP contribution in [0.25, 0.3) is 0 Å². The molecule has 0 spiro atoms. The van der Waals surface area contributed by atoms with Crippen molar-refractivity contribution in [2.45, 2.75) is 9.79 Å². The zero-order valence-corrected chi connectivity index (χ0v) is 14.8. The molecule has 1 aliphatic rings. The van der Waals surface area contributed by atoms with Gasteiger partial charge in [-0.25, -0.2) is 13.6 Å². The molecule has 0 fully saturated rings. The molecule has 0 bridgehead atoms. The molecule has 0 saturated carbocycles. The minimum Gasteiger partial charge on any atom is -0.341 e. The molecule has 9 heteroatoms. The Kier molecular flexibility index (Phi) is 4.86. The summed E-state index contributed by atoms with van der Waals surface area (Å²) in [5, 5.41) is 11.0. The summed E-state index contributed by atoms with van der Waals surface area (Å²) >= 11 is 3.01. The van der Waals surface area contributed by atoms with Crippen molar-refractivity contribution in [1.29, 1.82) is 0 Å². The van der Waals surface area contributed by atoms with E-state index in [9.17, 15) is 13.2 Å². The zero-order chi connectivity index (χ0) is 17.2. The Labute approximate surface area is 147 Å². The molecule has 6 nitrogen and oxygen atoms in total. The highest BCUT2D eigenvalue weighted by Gasteiger charge is 2.14. The molecule has 1 heterocycles. The number of hydrogen-bond acceptors (Lipinski definition) is 5. The first-order valence-corrected chi connectivity index (χ1v) is 10.2. The van der Waals surface area contributed by atoms with Gasteiger partial charge in [-0.05, 0) is 36.4 Å². The number of fused-ring (bicyclic) bond motifs is 1. The number of hydrogen-bond donors (Lipinski definition) is 3. The van der Waals surface area contributed by atoms with Crippen molar-refractivity contribution >= 4 is 54.7 Å². The number of anilines is 2. The number of para-hydroxylation sites is 1. The first-order chi connectivity index (χ1) is 11.4. The van der Waals surface area contributed by atoms with Crippen LogP contribution in [-0.2, 0) is 14.8 Å². The molecular weight excluding hydrogens is 366 g/mol. The molecule has 1 aliphatic heterocycles. The van der Waals surface area contributed by atoms with Gasteiger partial charge in [0.05, 0.1) is 21.2 Å². The summed E-state index contributed by atoms with van der Waals surface area (Å²) in [5.74, 6) is 0.0782. The van der Waals surface area contributed by atoms with E-state index >= 15 is 0 Å². The fourth-order valence-corrected chi connectivity index (χ4v) is 4.47. The van der Waals surface area contributed by atoms with Gasteiger partial charge in [-0.2, -0.15) is 0 Å². The van der Waals surface area contributed by atoms with Crippen LogP contribution in [0.1, 0.15) is 0 Å². The highest BCUT2D eigenvalue weighted by Crippen LogP contribution is 2.32. The lowest BCUT2D eigenvalue weighted by atomic mass is 10.3. The van der Waals surface area contributed by atoms with Crippen LogP contribution < -0.4 is 15.8 Å². The van der Waals surface area contributed by atoms with Crippen LogP contribution in [0.5, 0.6) is 0 Å². The maximum absolute atomic E-state index is 12.0. The number of carbonyl (C=O) groups excluding carboxylic acids is 1. The third kappa shape index (κ3) is 4.12. The topological polar surface area (TPSA) is 101 Å². The van der Waals surface area contributed by atoms with Crippen LogP contribution in [0.15, 0.2) is 58.3 Å². The van der Waals surface area contributed by atoms with Crippen LogP contribution >= 0.6 is 23.1 Å². The molecule has 3 rings (SSSR count). The van der Waals surface area contributed by atoms with Crippen LogP contribution in [0.4, 0.5) is 11.4 Å². The highest BCUT2D eigenvalue weighted by atomic mass is 32.2. The normalized spacial score (nSPS) is 13.0. The van der Waals surface area contributed by atoms with Gasteiger partial charge in [0, 0.05) is 5.69 Å². The largest absolute Gasteiger partial charge is 0.341 e. The molecule has 2 aromatic carbocycles. The predicted molar refractivity (Wildman–Crippen MR) is 99.8 cm³/mol. The van der Waals surface area contributed by atoms with Crippen molar-refractivity contribution in [1.82, 2.24) is 0 Å². The number of nitrogens with one attached hydrogen (secondary N) is 2. The maximum atomic E-state index is 12.0. The molecule has 4 N–H and O–H groups in total. The molecule has 125 valence electrons. The second-order valence-corrected chi connectivity index (χ2v) is 8.77. The second kappa shape index (κ2) is 6.89. The van der Waals surface area contributed by atoms with E-state index in [-0.39, 0.29) is 16.6 Å². The average Bonchev–Trinajstić information content (AvgIpc) is 2.95. The van der Waals surface area contributed by atoms with Crippen LogP contribution in [0.2, 0.25) is 0 Å². The third-order valence-electron chi connectivity index (χ3n) is 3.13. The minimum absolute atomic E-state index is 0.00903. The molecule has 1 radical (unpaired) electrons. The van der Waals surface area contributed by atoms with E-state index < -0.39 is 10.0 Å². The summed E-state index contributed by atoms with van der Waals surface area (Å²) in [6.07, 6.45) is 0. The van der Waals surface area contributed by atoms with Gasteiger partial charge in [0.1, 0.15) is 4.32 Å². The van der Waals surface area contributed by atoms with E-state index in [4.69, 9.17) is 5.14 Å². The number of carbonyl (C=O) groups is 1. The van der Waals surface area contributed by atoms with Crippen molar-refractivity contribution in [3.05, 3.63) is 48.5 Å². The van der Waals surface area contributed by atoms with Crippen molar-refractivity contribution in [3.63, 3.8) is 0 Å². The first-order valence-electron chi connectivity index (χ1n) is 6.88. The van der Waals surface area contributed by atoms with Gasteiger partial charge < -0.3 is 10.6 Å². The lowest BCUT2D eigenvalue weighted by Crippen LogP contribution is -2.17. The van der Waals surface area contributed by atoms with Crippen molar-refractivity contribution in [2.24, 2.45) is 5.14 Å². The number of benzene rings is 2. The number of thioether (sulfide) groups is 1. The third-order valence-corrected chi connectivity index (χ3v) is 6.29. The smallest absolute Gasteiger partial charge is 0.238 e. The number of primary sulfonamides is 1. The number of amides is 1. The van der Waals surface area contributed by atoms with E-state index in [0.717, 1.165) is 14.9 Å². The van der Waals surface area contributed by atoms with Gasteiger partial charge in [0.25, 0.3) is 0 Å². The van der Waals surface area contributed by atoms with E-state index in [2.05, 4.69) is 10.6 Å². The SMILES string of the molecule is NS(=O)(=O)c1ccc(NC(=O)CSC2=[S]c3ccccc3N2)cc1. The Morgan fingerprint density at radius 2 is 1.88 bits per heavy atom. The fraction of sp³-hybridized carbons (Fsp3) is 0.0667. The number of sulfonamides is 1. The predicted octanol–water partition coefficient (Wildman–Crippen LogP) is 2.31. The summed E-state index contributed by atoms with van der Waals surface area (Å²) in [6, 6.07) is 13.7. The Morgan fingerprint density at radius 3 is 2.54 bits per heavy atom. The highest BCUT2D eigenvalue weighted by molar-refractivity contribution is 8.28. The zero-order valence-electron chi connectivity index (χ0n) is 12.4. The monoisotopic (exact) mass is 380 g/mol. The molecule has 0 aliphatic carbocycles. The molecule has 0 atom stereocenters. The molecule has 2 aromatic rings. The van der Waals surface area contributed by atoms with Crippen LogP contribution in [-0.4, -0.2) is 24.4 Å². The summed E-state index contributed by atoms with van der Waals surface area (Å²) in [7, 11) is -3.73. The fourth-order valence-electron chi connectivity index (χ4n) is 2.02. The first kappa shape index (κ1) is 16.9. The van der Waals surface area contributed by atoms with Crippen molar-refractivity contribution in [3.8, 4) is 0 Å². The summed E-state index contributed by atoms with van der Waals surface area (Å²) < 4.78 is 23.3. The van der Waals surface area contributed by atoms with Gasteiger partial charge in [-0.1, -0.05) is 23.9 Å². The van der Waals surface area contributed by atoms with Gasteiger partial charge in [0.2, 0.25) is 15.9 Å². The van der Waals surface area contributed by atoms with E-state index in [0.29, 0.717) is 5.69 Å². The Balaban J connectivity index is 1.54. The van der Waals surface area contributed by atoms with Gasteiger partial charge in [-0.15, -0.1) is 11.4 Å². The quantitative estimate of drug-likeness (QED) is 0.707. The summed E-state index contributed by atoms with van der Waals surface area (Å²) in [6.45, 7) is 0. The van der Waals surface area contributed by atoms with E-state index in [1.54, 1.807) is 11.4 Å². The average molecular weight is 380 g/mol. The molecular formula is C15H14N3O3S3. The van der Waals surface area contributed by atoms with Gasteiger partial charge >= 0.3 is 0 Å². The van der Waals surface area contributed by atoms with Crippen molar-refractivity contribution in [2.75, 3.05) is 16.4 Å². The van der Waals surface area contributed by atoms with Crippen LogP contribution in [0.3, 0.4) is 0 Å². The molecule has 24 heavy (non-hydrogen) atoms. The standard InChI is InChI=1S/C15H14N3O3S3/c16-24(20,21)11-7-5-10(6-8-11)17-14(19)9-22-15-18-12-3-1-2-4-13(12)23-15/h1-8,18H,9H2,(H,17,19)(H2,16,20,21). The lowest BCUT2D eigenvalue weighted by Gasteiger charge is -2.06. The van der Waals surface area contributed by atoms with Gasteiger partial charge in [-0.3, -0.25) is 4.79 Å². The van der Waals surface area contributed by atoms with Crippen molar-refractivity contribution < 1.29 is 13.2 Å².